The van der Waals surface area contributed by atoms with E-state index in [-0.39, 0.29) is 46.5 Å². The first-order chi connectivity index (χ1) is 8.43. The maximum Gasteiger partial charge on any atom is 3.00 e. The van der Waals surface area contributed by atoms with Gasteiger partial charge in [0.25, 0.3) is 0 Å². The number of hydrogen-bond acceptors (Lipinski definition) is 1. The van der Waals surface area contributed by atoms with Crippen molar-refractivity contribution in [2.24, 2.45) is 0 Å². The van der Waals surface area contributed by atoms with Gasteiger partial charge in [0.05, 0.1) is 0 Å². The number of allylic oxidation sites excluding steroid dienone is 4. The predicted molar refractivity (Wildman–Crippen MR) is 72.7 cm³/mol. The Kier molecular flexibility index (Phi) is 12.1. The first-order valence-electron chi connectivity index (χ1n) is 5.65. The van der Waals surface area contributed by atoms with Crippen LogP contribution >= 0.6 is 0 Å². The van der Waals surface area contributed by atoms with Gasteiger partial charge < -0.3 is 29.9 Å². The number of halogens is 2. The summed E-state index contributed by atoms with van der Waals surface area (Å²) < 4.78 is 0. The molecule has 1 radical (unpaired) electrons. The van der Waals surface area contributed by atoms with E-state index < -0.39 is 0 Å². The minimum atomic E-state index is 0. The molecule has 0 bridgehead atoms. The number of fused-ring (bicyclic) bond motifs is 1. The third kappa shape index (κ3) is 5.08. The van der Waals surface area contributed by atoms with E-state index in [1.165, 1.54) is 21.9 Å². The van der Waals surface area contributed by atoms with E-state index in [0.29, 0.717) is 0 Å². The first kappa shape index (κ1) is 21.7. The molecule has 2 aromatic rings. The zero-order valence-electron chi connectivity index (χ0n) is 11.1. The third-order valence-corrected chi connectivity index (χ3v) is 2.78. The van der Waals surface area contributed by atoms with Gasteiger partial charge in [-0.25, -0.2) is 0 Å². The Balaban J connectivity index is 0. The summed E-state index contributed by atoms with van der Waals surface area (Å²) in [6, 6.07) is 16.1. The molecule has 1 aliphatic rings. The molecule has 103 valence electrons. The molecular weight excluding hydrogens is 327 g/mol. The van der Waals surface area contributed by atoms with Crippen LogP contribution in [-0.2, 0) is 21.7 Å². The summed E-state index contributed by atoms with van der Waals surface area (Å²) in [5.41, 5.74) is 2.58. The van der Waals surface area contributed by atoms with E-state index in [1.54, 1.807) is 0 Å². The average Bonchev–Trinajstić information content (AvgIpc) is 2.94. The van der Waals surface area contributed by atoms with E-state index >= 15 is 0 Å². The summed E-state index contributed by atoms with van der Waals surface area (Å²) in [6.45, 7) is 0. The quantitative estimate of drug-likeness (QED) is 0.453. The van der Waals surface area contributed by atoms with Gasteiger partial charge in [0.1, 0.15) is 0 Å². The molecule has 1 N–H and O–H groups in total. The molecule has 0 saturated carbocycles. The molecule has 0 heterocycles. The van der Waals surface area contributed by atoms with Crippen molar-refractivity contribution in [3.8, 4) is 0 Å². The topological polar surface area (TPSA) is 20.2 Å². The van der Waals surface area contributed by atoms with Crippen LogP contribution in [0.4, 0.5) is 0 Å². The summed E-state index contributed by atoms with van der Waals surface area (Å²) >= 11 is 0. The van der Waals surface area contributed by atoms with Gasteiger partial charge in [-0.15, -0.1) is 40.8 Å². The molecule has 4 heteroatoms. The predicted octanol–water partition coefficient (Wildman–Crippen LogP) is -2.40. The SMILES string of the molecule is CO.[Cl-].[Cl-].[Ti+3].[c-]1c(C2=CC=CC2)ccc2ccccc12. The van der Waals surface area contributed by atoms with Crippen molar-refractivity contribution in [3.05, 3.63) is 66.3 Å². The molecule has 0 spiro atoms. The molecule has 0 aromatic heterocycles. The van der Waals surface area contributed by atoms with Crippen molar-refractivity contribution >= 4 is 16.3 Å². The maximum absolute atomic E-state index is 7.00. The van der Waals surface area contributed by atoms with Crippen LogP contribution in [0.5, 0.6) is 0 Å². The Morgan fingerprint density at radius 2 is 1.70 bits per heavy atom. The van der Waals surface area contributed by atoms with Crippen LogP contribution in [0.15, 0.2) is 54.6 Å². The van der Waals surface area contributed by atoms with Gasteiger partial charge >= 0.3 is 21.7 Å². The van der Waals surface area contributed by atoms with Crippen LogP contribution in [0.25, 0.3) is 16.3 Å². The van der Waals surface area contributed by atoms with Gasteiger partial charge in [0.2, 0.25) is 0 Å². The second-order valence-electron chi connectivity index (χ2n) is 3.78. The summed E-state index contributed by atoms with van der Waals surface area (Å²) in [5, 5.41) is 9.45. The molecule has 0 amide bonds. The van der Waals surface area contributed by atoms with Crippen LogP contribution in [0.3, 0.4) is 0 Å². The summed E-state index contributed by atoms with van der Waals surface area (Å²) in [7, 11) is 1.00. The molecule has 0 atom stereocenters. The van der Waals surface area contributed by atoms with Crippen LogP contribution in [0.1, 0.15) is 12.0 Å². The molecule has 0 aliphatic heterocycles. The molecule has 2 aromatic carbocycles. The third-order valence-electron chi connectivity index (χ3n) is 2.78. The fourth-order valence-electron chi connectivity index (χ4n) is 1.95. The Hall–Kier alpha value is -0.566. The summed E-state index contributed by atoms with van der Waals surface area (Å²) in [6.07, 6.45) is 7.49. The number of aliphatic hydroxyl groups excluding tert-OH is 1. The zero-order valence-corrected chi connectivity index (χ0v) is 14.2. The normalized spacial score (nSPS) is 11.2. The zero-order chi connectivity index (χ0) is 12.1. The Labute approximate surface area is 147 Å². The van der Waals surface area contributed by atoms with E-state index in [1.807, 2.05) is 0 Å². The van der Waals surface area contributed by atoms with Gasteiger partial charge in [0.15, 0.2) is 0 Å². The van der Waals surface area contributed by atoms with Crippen LogP contribution in [-0.4, -0.2) is 12.2 Å². The Bertz CT molecular complexity index is 579. The van der Waals surface area contributed by atoms with Crippen molar-refractivity contribution in [1.82, 2.24) is 0 Å². The number of aliphatic hydroxyl groups is 1. The molecule has 3 rings (SSSR count). The second-order valence-corrected chi connectivity index (χ2v) is 3.78. The van der Waals surface area contributed by atoms with Crippen LogP contribution < -0.4 is 24.8 Å². The minimum Gasteiger partial charge on any atom is -1.00 e. The van der Waals surface area contributed by atoms with Crippen molar-refractivity contribution < 1.29 is 51.6 Å². The first-order valence-corrected chi connectivity index (χ1v) is 5.65. The van der Waals surface area contributed by atoms with Gasteiger partial charge in [-0.3, -0.25) is 0 Å². The van der Waals surface area contributed by atoms with Crippen LogP contribution in [0, 0.1) is 6.07 Å². The Morgan fingerprint density at radius 3 is 2.35 bits per heavy atom. The van der Waals surface area contributed by atoms with E-state index in [4.69, 9.17) is 5.11 Å². The fourth-order valence-corrected chi connectivity index (χ4v) is 1.95. The van der Waals surface area contributed by atoms with E-state index in [0.717, 1.165) is 13.5 Å². The van der Waals surface area contributed by atoms with Gasteiger partial charge in [-0.1, -0.05) is 41.8 Å². The second kappa shape index (κ2) is 11.1. The minimum absolute atomic E-state index is 0. The van der Waals surface area contributed by atoms with Crippen LogP contribution in [0.2, 0.25) is 0 Å². The average molecular weight is 342 g/mol. The number of benzene rings is 2. The number of hydrogen-bond donors (Lipinski definition) is 1. The molecule has 1 nitrogen and oxygen atoms in total. The molecular formula is C16H15Cl2OTi. The maximum atomic E-state index is 7.00. The molecule has 0 saturated heterocycles. The molecule has 0 unspecified atom stereocenters. The van der Waals surface area contributed by atoms with Crippen molar-refractivity contribution in [2.45, 2.75) is 6.42 Å². The van der Waals surface area contributed by atoms with Crippen molar-refractivity contribution in [1.29, 1.82) is 0 Å². The monoisotopic (exact) mass is 341 g/mol. The molecule has 1 aliphatic carbocycles. The smallest absolute Gasteiger partial charge is 1.00 e. The van der Waals surface area contributed by atoms with Gasteiger partial charge in [-0.05, 0) is 6.42 Å². The van der Waals surface area contributed by atoms with E-state index in [2.05, 4.69) is 60.7 Å². The largest absolute Gasteiger partial charge is 3.00 e. The van der Waals surface area contributed by atoms with Gasteiger partial charge in [-0.2, -0.15) is 0 Å². The Morgan fingerprint density at radius 1 is 1.00 bits per heavy atom. The molecule has 20 heavy (non-hydrogen) atoms. The molecule has 0 fully saturated rings. The van der Waals surface area contributed by atoms with Gasteiger partial charge in [0, 0.05) is 7.11 Å². The fraction of sp³-hybridized carbons (Fsp3) is 0.125. The van der Waals surface area contributed by atoms with E-state index in [9.17, 15) is 0 Å². The summed E-state index contributed by atoms with van der Waals surface area (Å²) in [5.74, 6) is 0. The van der Waals surface area contributed by atoms with Crippen molar-refractivity contribution in [2.75, 3.05) is 7.11 Å². The summed E-state index contributed by atoms with van der Waals surface area (Å²) in [4.78, 5) is 0. The standard InChI is InChI=1S/C15H11.CH4O.2ClH.Ti/c1-2-6-12(5-1)15-10-9-13-7-3-4-8-14(13)11-15;1-2;;;/h1-5,7-10H,6H2;2H,1H3;2*1H;/q-1;;;;+3/p-2. The van der Waals surface area contributed by atoms with Crippen molar-refractivity contribution in [3.63, 3.8) is 0 Å². The number of rotatable bonds is 1.